The van der Waals surface area contributed by atoms with Crippen LogP contribution in [0, 0.1) is 0 Å². The lowest BCUT2D eigenvalue weighted by Crippen LogP contribution is -2.28. The van der Waals surface area contributed by atoms with Crippen LogP contribution in [-0.2, 0) is 6.42 Å². The zero-order valence-electron chi connectivity index (χ0n) is 10.9. The van der Waals surface area contributed by atoms with Crippen molar-refractivity contribution in [3.8, 4) is 0 Å². The molecule has 0 aliphatic carbocycles. The highest BCUT2D eigenvalue weighted by atomic mass is 35.5. The highest BCUT2D eigenvalue weighted by Gasteiger charge is 2.09. The van der Waals surface area contributed by atoms with Crippen LogP contribution in [-0.4, -0.2) is 18.8 Å². The van der Waals surface area contributed by atoms with Gasteiger partial charge < -0.3 is 5.32 Å². The Kier molecular flexibility index (Phi) is 6.24. The molecular weight excluding hydrogens is 294 g/mol. The van der Waals surface area contributed by atoms with Crippen LogP contribution in [0.5, 0.6) is 0 Å². The minimum Gasteiger partial charge on any atom is -0.316 e. The minimum atomic E-state index is 0.515. The number of rotatable bonds is 7. The Bertz CT molecular complexity index is 485. The van der Waals surface area contributed by atoms with E-state index in [0.717, 1.165) is 23.6 Å². The van der Waals surface area contributed by atoms with Gasteiger partial charge >= 0.3 is 0 Å². The molecule has 1 N–H and O–H groups in total. The fourth-order valence-electron chi connectivity index (χ4n) is 1.84. The van der Waals surface area contributed by atoms with Crippen molar-refractivity contribution in [3.05, 3.63) is 51.7 Å². The first-order chi connectivity index (χ1) is 9.29. The summed E-state index contributed by atoms with van der Waals surface area (Å²) in [6, 6.07) is 10.8. The first kappa shape index (κ1) is 14.9. The van der Waals surface area contributed by atoms with Gasteiger partial charge in [-0.2, -0.15) is 11.3 Å². The molecule has 0 aliphatic heterocycles. The van der Waals surface area contributed by atoms with E-state index in [1.807, 2.05) is 37.0 Å². The average Bonchev–Trinajstić information content (AvgIpc) is 2.94. The van der Waals surface area contributed by atoms with Crippen LogP contribution < -0.4 is 5.32 Å². The summed E-state index contributed by atoms with van der Waals surface area (Å²) >= 11 is 9.76. The van der Waals surface area contributed by atoms with Crippen molar-refractivity contribution in [2.75, 3.05) is 12.8 Å². The number of nitrogens with one attached hydrogen (secondary N) is 1. The van der Waals surface area contributed by atoms with E-state index in [9.17, 15) is 0 Å². The van der Waals surface area contributed by atoms with Gasteiger partial charge in [-0.1, -0.05) is 23.7 Å². The summed E-state index contributed by atoms with van der Waals surface area (Å²) in [5, 5.41) is 8.61. The summed E-state index contributed by atoms with van der Waals surface area (Å²) < 4.78 is 0. The lowest BCUT2D eigenvalue weighted by Gasteiger charge is -2.15. The molecule has 1 aromatic heterocycles. The minimum absolute atomic E-state index is 0.515. The van der Waals surface area contributed by atoms with Gasteiger partial charge in [0.05, 0.1) is 5.02 Å². The van der Waals surface area contributed by atoms with Crippen LogP contribution in [0.2, 0.25) is 5.02 Å². The van der Waals surface area contributed by atoms with Crippen LogP contribution in [0.15, 0.2) is 46.0 Å². The third kappa shape index (κ3) is 4.84. The van der Waals surface area contributed by atoms with Crippen molar-refractivity contribution >= 4 is 34.7 Å². The van der Waals surface area contributed by atoms with Crippen LogP contribution in [0.25, 0.3) is 0 Å². The molecule has 0 spiro atoms. The maximum Gasteiger partial charge on any atom is 0.0541 e. The normalized spacial score (nSPS) is 12.5. The lowest BCUT2D eigenvalue weighted by atomic mass is 10.1. The Morgan fingerprint density at radius 1 is 1.32 bits per heavy atom. The number of hydrogen-bond acceptors (Lipinski definition) is 3. The van der Waals surface area contributed by atoms with E-state index in [2.05, 4.69) is 28.2 Å². The standard InChI is InChI=1S/C15H18ClNS2/c1-17-13(7-6-12-8-9-18-10-12)11-19-15-5-3-2-4-14(15)16/h2-5,8-10,13,17H,6-7,11H2,1H3. The molecule has 0 fully saturated rings. The Hall–Kier alpha value is -0.480. The molecule has 0 amide bonds. The highest BCUT2D eigenvalue weighted by molar-refractivity contribution is 7.99. The monoisotopic (exact) mass is 311 g/mol. The van der Waals surface area contributed by atoms with Crippen LogP contribution in [0.3, 0.4) is 0 Å². The van der Waals surface area contributed by atoms with E-state index in [-0.39, 0.29) is 0 Å². The molecule has 1 atom stereocenters. The fourth-order valence-corrected chi connectivity index (χ4v) is 3.94. The van der Waals surface area contributed by atoms with Gasteiger partial charge in [0.1, 0.15) is 0 Å². The van der Waals surface area contributed by atoms with Crippen LogP contribution >= 0.6 is 34.7 Å². The van der Waals surface area contributed by atoms with E-state index in [4.69, 9.17) is 11.6 Å². The molecule has 2 rings (SSSR count). The fraction of sp³-hybridized carbons (Fsp3) is 0.333. The van der Waals surface area contributed by atoms with Crippen LogP contribution in [0.1, 0.15) is 12.0 Å². The summed E-state index contributed by atoms with van der Waals surface area (Å²) in [6.45, 7) is 0. The number of benzene rings is 1. The molecule has 102 valence electrons. The van der Waals surface area contributed by atoms with Gasteiger partial charge in [0.25, 0.3) is 0 Å². The summed E-state index contributed by atoms with van der Waals surface area (Å²) in [7, 11) is 2.03. The Balaban J connectivity index is 1.81. The quantitative estimate of drug-likeness (QED) is 0.743. The van der Waals surface area contributed by atoms with Crippen molar-refractivity contribution in [2.24, 2.45) is 0 Å². The lowest BCUT2D eigenvalue weighted by molar-refractivity contribution is 0.573. The first-order valence-corrected chi connectivity index (χ1v) is 8.66. The molecule has 0 saturated carbocycles. The van der Waals surface area contributed by atoms with Gasteiger partial charge in [-0.25, -0.2) is 0 Å². The summed E-state index contributed by atoms with van der Waals surface area (Å²) in [4.78, 5) is 1.17. The molecule has 4 heteroatoms. The molecule has 0 radical (unpaired) electrons. The van der Waals surface area contributed by atoms with Crippen molar-refractivity contribution < 1.29 is 0 Å². The van der Waals surface area contributed by atoms with Crippen molar-refractivity contribution in [2.45, 2.75) is 23.8 Å². The molecule has 0 bridgehead atoms. The van der Waals surface area contributed by atoms with E-state index in [1.54, 1.807) is 11.3 Å². The Morgan fingerprint density at radius 2 is 2.16 bits per heavy atom. The van der Waals surface area contributed by atoms with Gasteiger partial charge in [0.15, 0.2) is 0 Å². The number of halogens is 1. The molecule has 2 aromatic rings. The topological polar surface area (TPSA) is 12.0 Å². The number of aryl methyl sites for hydroxylation is 1. The van der Waals surface area contributed by atoms with Gasteiger partial charge in [-0.3, -0.25) is 0 Å². The van der Waals surface area contributed by atoms with E-state index >= 15 is 0 Å². The molecule has 1 heterocycles. The first-order valence-electron chi connectivity index (χ1n) is 6.35. The van der Waals surface area contributed by atoms with Gasteiger partial charge in [-0.05, 0) is 54.4 Å². The predicted octanol–water partition coefficient (Wildman–Crippen LogP) is 4.71. The van der Waals surface area contributed by atoms with Crippen LogP contribution in [0.4, 0.5) is 0 Å². The van der Waals surface area contributed by atoms with Crippen molar-refractivity contribution in [3.63, 3.8) is 0 Å². The summed E-state index contributed by atoms with van der Waals surface area (Å²) in [5.74, 6) is 1.05. The summed E-state index contributed by atoms with van der Waals surface area (Å²) in [5.41, 5.74) is 1.44. The maximum absolute atomic E-state index is 6.17. The SMILES string of the molecule is CNC(CCc1ccsc1)CSc1ccccc1Cl. The third-order valence-corrected chi connectivity index (χ3v) is 5.46. The maximum atomic E-state index is 6.17. The third-order valence-electron chi connectivity index (χ3n) is 3.05. The van der Waals surface area contributed by atoms with E-state index < -0.39 is 0 Å². The van der Waals surface area contributed by atoms with Crippen molar-refractivity contribution in [1.29, 1.82) is 0 Å². The van der Waals surface area contributed by atoms with Gasteiger partial charge in [-0.15, -0.1) is 11.8 Å². The predicted molar refractivity (Wildman–Crippen MR) is 87.7 cm³/mol. The highest BCUT2D eigenvalue weighted by Crippen LogP contribution is 2.27. The second-order valence-electron chi connectivity index (χ2n) is 4.40. The number of thiophene rings is 1. The van der Waals surface area contributed by atoms with Gasteiger partial charge in [0, 0.05) is 16.7 Å². The molecule has 0 saturated heterocycles. The number of thioether (sulfide) groups is 1. The largest absolute Gasteiger partial charge is 0.316 e. The average molecular weight is 312 g/mol. The second kappa shape index (κ2) is 7.95. The second-order valence-corrected chi connectivity index (χ2v) is 6.65. The molecule has 19 heavy (non-hydrogen) atoms. The van der Waals surface area contributed by atoms with E-state index in [0.29, 0.717) is 6.04 Å². The Morgan fingerprint density at radius 3 is 2.84 bits per heavy atom. The zero-order chi connectivity index (χ0) is 13.5. The molecule has 1 unspecified atom stereocenters. The molecule has 1 aromatic carbocycles. The van der Waals surface area contributed by atoms with Crippen molar-refractivity contribution in [1.82, 2.24) is 5.32 Å². The zero-order valence-corrected chi connectivity index (χ0v) is 13.3. The molecular formula is C15H18ClNS2. The van der Waals surface area contributed by atoms with Gasteiger partial charge in [0.2, 0.25) is 0 Å². The van der Waals surface area contributed by atoms with E-state index in [1.165, 1.54) is 10.5 Å². The Labute approximate surface area is 128 Å². The number of hydrogen-bond donors (Lipinski definition) is 1. The molecule has 1 nitrogen and oxygen atoms in total. The smallest absolute Gasteiger partial charge is 0.0541 e. The molecule has 0 aliphatic rings. The summed E-state index contributed by atoms with van der Waals surface area (Å²) in [6.07, 6.45) is 2.29.